The van der Waals surface area contributed by atoms with Crippen molar-refractivity contribution >= 4 is 7.82 Å². The van der Waals surface area contributed by atoms with E-state index >= 15 is 0 Å². The van der Waals surface area contributed by atoms with Gasteiger partial charge in [0.15, 0.2) is 0 Å². The summed E-state index contributed by atoms with van der Waals surface area (Å²) in [5.41, 5.74) is 0. The van der Waals surface area contributed by atoms with Gasteiger partial charge in [0.2, 0.25) is 0 Å². The Morgan fingerprint density at radius 2 is 1.90 bits per heavy atom. The first-order valence-corrected chi connectivity index (χ1v) is 3.30. The van der Waals surface area contributed by atoms with Crippen LogP contribution in [0.4, 0.5) is 0 Å². The normalized spacial score (nSPS) is 9.00. The van der Waals surface area contributed by atoms with E-state index in [-0.39, 0.29) is 109 Å². The molecule has 10 heavy (non-hydrogen) atoms. The van der Waals surface area contributed by atoms with Crippen LogP contribution in [0.5, 0.6) is 0 Å². The van der Waals surface area contributed by atoms with E-state index in [1.807, 2.05) is 0 Å². The molecule has 4 nitrogen and oxygen atoms in total. The molecule has 0 radical (unpaired) electrons. The van der Waals surface area contributed by atoms with Crippen molar-refractivity contribution in [1.29, 1.82) is 0 Å². The molecule has 0 N–H and O–H groups in total. The second-order valence-electron chi connectivity index (χ2n) is 1.03. The van der Waals surface area contributed by atoms with Crippen molar-refractivity contribution in [2.75, 3.05) is 6.61 Å². The van der Waals surface area contributed by atoms with Gasteiger partial charge in [-0.05, 0) is 0 Å². The Morgan fingerprint density at radius 3 is 2.00 bits per heavy atom. The molecule has 0 aromatic rings. The molecule has 0 amide bonds. The summed E-state index contributed by atoms with van der Waals surface area (Å²) in [6.45, 7) is 2.89. The molecule has 0 rings (SSSR count). The van der Waals surface area contributed by atoms with Crippen molar-refractivity contribution < 1.29 is 122 Å². The maximum Gasteiger partial charge on any atom is 1.00 e. The first kappa shape index (κ1) is 18.8. The van der Waals surface area contributed by atoms with Gasteiger partial charge in [0, 0.05) is 0 Å². The predicted molar refractivity (Wildman–Crippen MR) is 23.8 cm³/mol. The zero-order valence-electron chi connectivity index (χ0n) is 6.07. The SMILES string of the molecule is C=CCOP(=O)([O-])[O-].[K+].[K+]. The van der Waals surface area contributed by atoms with E-state index in [4.69, 9.17) is 0 Å². The van der Waals surface area contributed by atoms with Gasteiger partial charge in [-0.15, -0.1) is 6.58 Å². The zero-order chi connectivity index (χ0) is 6.62. The fraction of sp³-hybridized carbons (Fsp3) is 0.333. The van der Waals surface area contributed by atoms with Gasteiger partial charge in [-0.2, -0.15) is 0 Å². The Bertz CT molecular complexity index is 122. The first-order valence-electron chi connectivity index (χ1n) is 1.84. The third-order valence-electron chi connectivity index (χ3n) is 0.351. The summed E-state index contributed by atoms with van der Waals surface area (Å²) in [5.74, 6) is 0. The van der Waals surface area contributed by atoms with E-state index in [9.17, 15) is 14.4 Å². The summed E-state index contributed by atoms with van der Waals surface area (Å²) in [6.07, 6.45) is 1.18. The molecule has 0 atom stereocenters. The van der Waals surface area contributed by atoms with Gasteiger partial charge in [0.1, 0.15) is 0 Å². The van der Waals surface area contributed by atoms with Crippen molar-refractivity contribution in [3.8, 4) is 0 Å². The fourth-order valence-corrected chi connectivity index (χ4v) is 0.432. The summed E-state index contributed by atoms with van der Waals surface area (Å²) in [7, 11) is -4.75. The minimum atomic E-state index is -4.75. The maximum absolute atomic E-state index is 9.59. The Hall–Kier alpha value is 3.12. The molecule has 0 saturated carbocycles. The van der Waals surface area contributed by atoms with Crippen LogP contribution in [0.1, 0.15) is 0 Å². The minimum Gasteiger partial charge on any atom is -0.790 e. The molecule has 0 heterocycles. The predicted octanol–water partition coefficient (Wildman–Crippen LogP) is -6.97. The van der Waals surface area contributed by atoms with Gasteiger partial charge in [-0.1, -0.05) is 6.08 Å². The number of hydrogen-bond acceptors (Lipinski definition) is 4. The Balaban J connectivity index is -0.000000245. The molecule has 0 aromatic heterocycles. The van der Waals surface area contributed by atoms with Crippen LogP contribution < -0.4 is 113 Å². The summed E-state index contributed by atoms with van der Waals surface area (Å²) in [6, 6.07) is 0. The average Bonchev–Trinajstić information content (AvgIpc) is 1.59. The molecular formula is C3H5K2O4P. The van der Waals surface area contributed by atoms with Crippen molar-refractivity contribution in [2.45, 2.75) is 0 Å². The molecule has 7 heteroatoms. The topological polar surface area (TPSA) is 72.4 Å². The second kappa shape index (κ2) is 10.2. The molecule has 0 unspecified atom stereocenters. The summed E-state index contributed by atoms with van der Waals surface area (Å²) in [5, 5.41) is 0. The monoisotopic (exact) mass is 214 g/mol. The molecule has 48 valence electrons. The van der Waals surface area contributed by atoms with Crippen LogP contribution in [0.15, 0.2) is 12.7 Å². The Kier molecular flexibility index (Phi) is 19.2. The number of phosphoric acid groups is 1. The number of hydrogen-bond donors (Lipinski definition) is 0. The van der Waals surface area contributed by atoms with E-state index in [1.165, 1.54) is 6.08 Å². The average molecular weight is 214 g/mol. The van der Waals surface area contributed by atoms with Crippen LogP contribution in [-0.4, -0.2) is 6.61 Å². The van der Waals surface area contributed by atoms with Crippen molar-refractivity contribution in [3.63, 3.8) is 0 Å². The second-order valence-corrected chi connectivity index (χ2v) is 2.18. The third kappa shape index (κ3) is 17.3. The quantitative estimate of drug-likeness (QED) is 0.266. The molecule has 0 aromatic carbocycles. The number of rotatable bonds is 3. The standard InChI is InChI=1S/C3H7O4P.2K/c1-2-3-7-8(4,5)6;;/h2H,1,3H2,(H2,4,5,6);;/q;2*+1/p-2. The molecule has 0 aliphatic carbocycles. The van der Waals surface area contributed by atoms with Gasteiger partial charge in [0.05, 0.1) is 14.4 Å². The van der Waals surface area contributed by atoms with Crippen molar-refractivity contribution in [1.82, 2.24) is 0 Å². The summed E-state index contributed by atoms with van der Waals surface area (Å²) >= 11 is 0. The van der Waals surface area contributed by atoms with Gasteiger partial charge >= 0.3 is 103 Å². The third-order valence-corrected chi connectivity index (χ3v) is 0.816. The fourth-order valence-electron chi connectivity index (χ4n) is 0.144. The van der Waals surface area contributed by atoms with Crippen LogP contribution in [0.2, 0.25) is 0 Å². The molecule has 0 aliphatic heterocycles. The van der Waals surface area contributed by atoms with Gasteiger partial charge < -0.3 is 18.9 Å². The molecule has 0 spiro atoms. The summed E-state index contributed by atoms with van der Waals surface area (Å²) in [4.78, 5) is 19.2. The minimum absolute atomic E-state index is 0. The smallest absolute Gasteiger partial charge is 0.790 e. The van der Waals surface area contributed by atoms with Crippen LogP contribution >= 0.6 is 7.82 Å². The van der Waals surface area contributed by atoms with Crippen LogP contribution in [0, 0.1) is 0 Å². The van der Waals surface area contributed by atoms with Crippen molar-refractivity contribution in [3.05, 3.63) is 12.7 Å². The van der Waals surface area contributed by atoms with Gasteiger partial charge in [-0.25, -0.2) is 0 Å². The molecule has 0 saturated heterocycles. The summed E-state index contributed by atoms with van der Waals surface area (Å²) < 4.78 is 13.3. The van der Waals surface area contributed by atoms with Crippen LogP contribution in [0.3, 0.4) is 0 Å². The van der Waals surface area contributed by atoms with E-state index in [0.29, 0.717) is 0 Å². The molecular weight excluding hydrogens is 209 g/mol. The van der Waals surface area contributed by atoms with Crippen LogP contribution in [0.25, 0.3) is 0 Å². The van der Waals surface area contributed by atoms with Gasteiger partial charge in [0.25, 0.3) is 0 Å². The number of phosphoric ester groups is 1. The van der Waals surface area contributed by atoms with E-state index in [1.54, 1.807) is 0 Å². The van der Waals surface area contributed by atoms with Crippen LogP contribution in [-0.2, 0) is 9.09 Å². The maximum atomic E-state index is 9.59. The van der Waals surface area contributed by atoms with E-state index in [2.05, 4.69) is 11.1 Å². The Morgan fingerprint density at radius 1 is 1.50 bits per heavy atom. The van der Waals surface area contributed by atoms with Gasteiger partial charge in [-0.3, -0.25) is 0 Å². The van der Waals surface area contributed by atoms with E-state index < -0.39 is 7.82 Å². The largest absolute Gasteiger partial charge is 1.00 e. The molecule has 0 bridgehead atoms. The first-order chi connectivity index (χ1) is 3.56. The molecule has 0 aliphatic rings. The molecule has 0 fully saturated rings. The Labute approximate surface area is 145 Å². The zero-order valence-corrected chi connectivity index (χ0v) is 13.2. The van der Waals surface area contributed by atoms with E-state index in [0.717, 1.165) is 0 Å². The van der Waals surface area contributed by atoms with Crippen molar-refractivity contribution in [2.24, 2.45) is 0 Å².